The fraction of sp³-hybridized carbons (Fsp3) is 0.667. The molecule has 1 fully saturated rings. The van der Waals surface area contributed by atoms with Gasteiger partial charge in [0.2, 0.25) is 0 Å². The van der Waals surface area contributed by atoms with Crippen molar-refractivity contribution in [3.05, 3.63) is 23.3 Å². The highest BCUT2D eigenvalue weighted by Crippen LogP contribution is 2.41. The molecular formula is C15H21NO. The van der Waals surface area contributed by atoms with Gasteiger partial charge in [-0.05, 0) is 37.7 Å². The van der Waals surface area contributed by atoms with Crippen LogP contribution in [0.1, 0.15) is 51.9 Å². The van der Waals surface area contributed by atoms with Crippen LogP contribution in [0.3, 0.4) is 0 Å². The maximum Gasteiger partial charge on any atom is 0.254 e. The van der Waals surface area contributed by atoms with E-state index in [4.69, 9.17) is 0 Å². The zero-order chi connectivity index (χ0) is 11.8. The maximum atomic E-state index is 12.4. The molecule has 2 heteroatoms. The normalized spacial score (nSPS) is 27.9. The van der Waals surface area contributed by atoms with Gasteiger partial charge in [0.05, 0.1) is 6.04 Å². The Hall–Kier alpha value is -1.05. The van der Waals surface area contributed by atoms with Crippen LogP contribution in [-0.4, -0.2) is 22.9 Å². The second kappa shape index (κ2) is 4.32. The van der Waals surface area contributed by atoms with E-state index >= 15 is 0 Å². The first kappa shape index (κ1) is 11.1. The summed E-state index contributed by atoms with van der Waals surface area (Å²) in [7, 11) is 0. The molecule has 2 aliphatic carbocycles. The third-order valence-corrected chi connectivity index (χ3v) is 4.19. The van der Waals surface area contributed by atoms with Crippen molar-refractivity contribution >= 4 is 5.91 Å². The predicted octanol–water partition coefficient (Wildman–Crippen LogP) is 3.20. The van der Waals surface area contributed by atoms with Crippen LogP contribution in [0, 0.1) is 0 Å². The van der Waals surface area contributed by atoms with E-state index in [9.17, 15) is 4.79 Å². The van der Waals surface area contributed by atoms with Gasteiger partial charge in [-0.25, -0.2) is 0 Å². The molecule has 1 saturated carbocycles. The number of amides is 1. The molecule has 0 saturated heterocycles. The Morgan fingerprint density at radius 2 is 2.24 bits per heavy atom. The number of carbonyl (C=O) groups excluding carboxylic acids is 1. The Morgan fingerprint density at radius 3 is 2.94 bits per heavy atom. The summed E-state index contributed by atoms with van der Waals surface area (Å²) in [4.78, 5) is 14.6. The van der Waals surface area contributed by atoms with Gasteiger partial charge in [-0.2, -0.15) is 0 Å². The lowest BCUT2D eigenvalue weighted by Gasteiger charge is -2.27. The smallest absolute Gasteiger partial charge is 0.254 e. The van der Waals surface area contributed by atoms with Gasteiger partial charge in [0, 0.05) is 11.6 Å². The lowest BCUT2D eigenvalue weighted by molar-refractivity contribution is -0.127. The van der Waals surface area contributed by atoms with Gasteiger partial charge in [0.25, 0.3) is 5.91 Å². The van der Waals surface area contributed by atoms with Gasteiger partial charge >= 0.3 is 0 Å². The lowest BCUT2D eigenvalue weighted by atomic mass is 9.92. The summed E-state index contributed by atoms with van der Waals surface area (Å²) in [5, 5.41) is 0. The molecule has 0 aromatic rings. The largest absolute Gasteiger partial charge is 0.329 e. The van der Waals surface area contributed by atoms with Crippen LogP contribution in [0.15, 0.2) is 23.3 Å². The second-order valence-corrected chi connectivity index (χ2v) is 5.48. The first-order valence-electron chi connectivity index (χ1n) is 7.05. The van der Waals surface area contributed by atoms with Gasteiger partial charge in [-0.1, -0.05) is 31.9 Å². The van der Waals surface area contributed by atoms with Crippen LogP contribution in [0.4, 0.5) is 0 Å². The Kier molecular flexibility index (Phi) is 2.81. The van der Waals surface area contributed by atoms with E-state index in [1.165, 1.54) is 37.7 Å². The van der Waals surface area contributed by atoms with Crippen molar-refractivity contribution in [2.24, 2.45) is 0 Å². The predicted molar refractivity (Wildman–Crippen MR) is 68.6 cm³/mol. The molecule has 1 aliphatic heterocycles. The molecule has 2 nitrogen and oxygen atoms in total. The molecule has 3 aliphatic rings. The molecule has 92 valence electrons. The highest BCUT2D eigenvalue weighted by Gasteiger charge is 2.44. The quantitative estimate of drug-likeness (QED) is 0.727. The molecule has 3 rings (SSSR count). The summed E-state index contributed by atoms with van der Waals surface area (Å²) in [6, 6.07) is 0.998. The van der Waals surface area contributed by atoms with Crippen LogP contribution in [0.2, 0.25) is 0 Å². The molecule has 0 spiro atoms. The van der Waals surface area contributed by atoms with Gasteiger partial charge in [0.15, 0.2) is 0 Å². The summed E-state index contributed by atoms with van der Waals surface area (Å²) in [6.07, 6.45) is 12.5. The molecule has 0 radical (unpaired) electrons. The van der Waals surface area contributed by atoms with Crippen LogP contribution < -0.4 is 0 Å². The third kappa shape index (κ3) is 1.84. The van der Waals surface area contributed by atoms with Crippen molar-refractivity contribution in [2.45, 2.75) is 64.0 Å². The van der Waals surface area contributed by atoms with E-state index < -0.39 is 0 Å². The minimum absolute atomic E-state index is 0.319. The van der Waals surface area contributed by atoms with Crippen molar-refractivity contribution < 1.29 is 4.79 Å². The van der Waals surface area contributed by atoms with Crippen molar-refractivity contribution in [3.8, 4) is 0 Å². The number of allylic oxidation sites excluding steroid dienone is 1. The molecule has 0 bridgehead atoms. The number of unbranched alkanes of at least 4 members (excludes halogenated alkanes) is 1. The average Bonchev–Trinajstić information content (AvgIpc) is 3.14. The van der Waals surface area contributed by atoms with Gasteiger partial charge < -0.3 is 4.90 Å². The highest BCUT2D eigenvalue weighted by molar-refractivity contribution is 6.01. The minimum atomic E-state index is 0.319. The van der Waals surface area contributed by atoms with E-state index in [2.05, 4.69) is 24.0 Å². The zero-order valence-corrected chi connectivity index (χ0v) is 10.6. The van der Waals surface area contributed by atoms with Crippen molar-refractivity contribution in [2.75, 3.05) is 0 Å². The summed E-state index contributed by atoms with van der Waals surface area (Å²) in [5.74, 6) is 0.319. The fourth-order valence-electron chi connectivity index (χ4n) is 3.17. The Balaban J connectivity index is 1.86. The molecule has 1 heterocycles. The number of hydrogen-bond acceptors (Lipinski definition) is 1. The van der Waals surface area contributed by atoms with Gasteiger partial charge in [0.1, 0.15) is 0 Å². The van der Waals surface area contributed by atoms with Crippen molar-refractivity contribution in [3.63, 3.8) is 0 Å². The molecule has 0 aromatic heterocycles. The van der Waals surface area contributed by atoms with E-state index in [-0.39, 0.29) is 0 Å². The molecule has 1 atom stereocenters. The van der Waals surface area contributed by atoms with E-state index in [1.807, 2.05) is 0 Å². The Morgan fingerprint density at radius 1 is 1.41 bits per heavy atom. The first-order chi connectivity index (χ1) is 8.33. The van der Waals surface area contributed by atoms with E-state index in [0.717, 1.165) is 18.4 Å². The van der Waals surface area contributed by atoms with Crippen molar-refractivity contribution in [1.82, 2.24) is 4.90 Å². The summed E-state index contributed by atoms with van der Waals surface area (Å²) in [6.45, 7) is 2.23. The minimum Gasteiger partial charge on any atom is -0.329 e. The second-order valence-electron chi connectivity index (χ2n) is 5.48. The van der Waals surface area contributed by atoms with Crippen LogP contribution in [0.25, 0.3) is 0 Å². The van der Waals surface area contributed by atoms with Crippen LogP contribution >= 0.6 is 0 Å². The fourth-order valence-corrected chi connectivity index (χ4v) is 3.17. The molecular weight excluding hydrogens is 210 g/mol. The van der Waals surface area contributed by atoms with E-state index in [0.29, 0.717) is 18.0 Å². The topological polar surface area (TPSA) is 20.3 Å². The van der Waals surface area contributed by atoms with Crippen LogP contribution in [0.5, 0.6) is 0 Å². The number of hydrogen-bond donors (Lipinski definition) is 0. The third-order valence-electron chi connectivity index (χ3n) is 4.19. The number of nitrogens with zero attached hydrogens (tertiary/aromatic N) is 1. The van der Waals surface area contributed by atoms with Crippen LogP contribution in [-0.2, 0) is 4.79 Å². The molecule has 1 amide bonds. The Labute approximate surface area is 103 Å². The first-order valence-corrected chi connectivity index (χ1v) is 7.05. The van der Waals surface area contributed by atoms with E-state index in [1.54, 1.807) is 0 Å². The number of carbonyl (C=O) groups is 1. The highest BCUT2D eigenvalue weighted by atomic mass is 16.2. The molecule has 1 unspecified atom stereocenters. The standard InChI is InChI=1S/C15H21NO/c1-2-3-8-14-12-6-4-5-7-13(12)15(17)16(14)11-9-10-11/h5,7,11,14H,2-4,6,8-10H2,1H3. The maximum absolute atomic E-state index is 12.4. The zero-order valence-electron chi connectivity index (χ0n) is 10.6. The van der Waals surface area contributed by atoms with Gasteiger partial charge in [-0.3, -0.25) is 4.79 Å². The summed E-state index contributed by atoms with van der Waals surface area (Å²) < 4.78 is 0. The lowest BCUT2D eigenvalue weighted by Crippen LogP contribution is -2.37. The molecule has 17 heavy (non-hydrogen) atoms. The summed E-state index contributed by atoms with van der Waals surface area (Å²) >= 11 is 0. The number of rotatable bonds is 4. The van der Waals surface area contributed by atoms with Crippen molar-refractivity contribution in [1.29, 1.82) is 0 Å². The molecule has 0 N–H and O–H groups in total. The molecule has 0 aromatic carbocycles. The average molecular weight is 231 g/mol. The Bertz CT molecular complexity index is 390. The SMILES string of the molecule is CCCCC1C2=C(C=CCC2)C(=O)N1C1CC1. The summed E-state index contributed by atoms with van der Waals surface area (Å²) in [5.41, 5.74) is 2.47. The van der Waals surface area contributed by atoms with Gasteiger partial charge in [-0.15, -0.1) is 0 Å². The monoisotopic (exact) mass is 231 g/mol.